The molecule has 2 aliphatic rings. The molecule has 114 valence electrons. The van der Waals surface area contributed by atoms with Crippen molar-refractivity contribution in [1.29, 1.82) is 0 Å². The molecule has 1 aliphatic heterocycles. The smallest absolute Gasteiger partial charge is 0.305 e. The van der Waals surface area contributed by atoms with E-state index in [-0.39, 0.29) is 30.1 Å². The summed E-state index contributed by atoms with van der Waals surface area (Å²) in [6.07, 6.45) is 4.68. The predicted molar refractivity (Wildman–Crippen MR) is 78.6 cm³/mol. The number of aliphatic carboxylic acids is 1. The summed E-state index contributed by atoms with van der Waals surface area (Å²) in [5.41, 5.74) is 0.679. The number of carbonyl (C=O) groups excluding carboxylic acids is 2. The zero-order valence-electron chi connectivity index (χ0n) is 12.0. The maximum Gasteiger partial charge on any atom is 0.305 e. The van der Waals surface area contributed by atoms with E-state index in [0.29, 0.717) is 18.4 Å². The van der Waals surface area contributed by atoms with Crippen molar-refractivity contribution < 1.29 is 19.5 Å². The monoisotopic (exact) mass is 299 g/mol. The number of carboxylic acid groups (broad SMARTS) is 1. The second kappa shape index (κ2) is 5.75. The van der Waals surface area contributed by atoms with Crippen LogP contribution in [0, 0.1) is 11.8 Å². The van der Waals surface area contributed by atoms with Crippen molar-refractivity contribution in [3.05, 3.63) is 48.0 Å². The molecule has 0 saturated carbocycles. The summed E-state index contributed by atoms with van der Waals surface area (Å²) >= 11 is 0. The number of carboxylic acids is 1. The van der Waals surface area contributed by atoms with Gasteiger partial charge in [-0.1, -0.05) is 42.5 Å². The first kappa shape index (κ1) is 14.5. The number of imide groups is 1. The first-order chi connectivity index (χ1) is 10.6. The Morgan fingerprint density at radius 2 is 1.64 bits per heavy atom. The maximum absolute atomic E-state index is 12.6. The van der Waals surface area contributed by atoms with Gasteiger partial charge in [0.15, 0.2) is 0 Å². The molecule has 3 rings (SSSR count). The predicted octanol–water partition coefficient (Wildman–Crippen LogP) is 2.15. The molecule has 1 heterocycles. The Morgan fingerprint density at radius 1 is 1.09 bits per heavy atom. The molecule has 1 aromatic rings. The summed E-state index contributed by atoms with van der Waals surface area (Å²) in [6.45, 7) is 0. The molecule has 0 bridgehead atoms. The molecule has 2 amide bonds. The normalized spacial score (nSPS) is 25.2. The fraction of sp³-hybridized carbons (Fsp3) is 0.353. The molecule has 22 heavy (non-hydrogen) atoms. The van der Waals surface area contributed by atoms with Crippen molar-refractivity contribution in [2.75, 3.05) is 0 Å². The largest absolute Gasteiger partial charge is 0.481 e. The van der Waals surface area contributed by atoms with Crippen LogP contribution >= 0.6 is 0 Å². The molecule has 0 spiro atoms. The van der Waals surface area contributed by atoms with Crippen LogP contribution < -0.4 is 0 Å². The Labute approximate surface area is 128 Å². The van der Waals surface area contributed by atoms with Gasteiger partial charge in [-0.3, -0.25) is 19.3 Å². The van der Waals surface area contributed by atoms with Crippen molar-refractivity contribution in [3.8, 4) is 0 Å². The molecule has 0 radical (unpaired) electrons. The van der Waals surface area contributed by atoms with E-state index in [1.54, 1.807) is 24.3 Å². The van der Waals surface area contributed by atoms with Crippen LogP contribution in [0.5, 0.6) is 0 Å². The van der Waals surface area contributed by atoms with Crippen LogP contribution in [0.25, 0.3) is 0 Å². The number of allylic oxidation sites excluding steroid dienone is 2. The summed E-state index contributed by atoms with van der Waals surface area (Å²) in [4.78, 5) is 37.6. The Bertz CT molecular complexity index is 611. The first-order valence-electron chi connectivity index (χ1n) is 7.38. The van der Waals surface area contributed by atoms with Crippen molar-refractivity contribution in [2.45, 2.75) is 25.3 Å². The fourth-order valence-corrected chi connectivity index (χ4v) is 3.33. The van der Waals surface area contributed by atoms with E-state index >= 15 is 0 Å². The van der Waals surface area contributed by atoms with Gasteiger partial charge in [0.05, 0.1) is 24.3 Å². The fourth-order valence-electron chi connectivity index (χ4n) is 3.33. The Balaban J connectivity index is 1.96. The zero-order valence-corrected chi connectivity index (χ0v) is 12.0. The van der Waals surface area contributed by atoms with Crippen LogP contribution in [-0.4, -0.2) is 27.8 Å². The number of hydrogen-bond donors (Lipinski definition) is 1. The summed E-state index contributed by atoms with van der Waals surface area (Å²) < 4.78 is 0. The standard InChI is InChI=1S/C17H17NO4/c19-15(20)10-14(11-6-2-1-3-7-11)18-16(21)12-8-4-5-9-13(12)17(18)22/h1-7,12-14H,8-10H2,(H,19,20). The van der Waals surface area contributed by atoms with Gasteiger partial charge in [-0.15, -0.1) is 0 Å². The van der Waals surface area contributed by atoms with Crippen LogP contribution in [0.1, 0.15) is 30.9 Å². The van der Waals surface area contributed by atoms with Gasteiger partial charge < -0.3 is 5.11 Å². The number of amides is 2. The second-order valence-corrected chi connectivity index (χ2v) is 5.73. The highest BCUT2D eigenvalue weighted by atomic mass is 16.4. The molecule has 1 aromatic carbocycles. The average molecular weight is 299 g/mol. The summed E-state index contributed by atoms with van der Waals surface area (Å²) in [5.74, 6) is -2.18. The van der Waals surface area contributed by atoms with E-state index in [1.807, 2.05) is 18.2 Å². The van der Waals surface area contributed by atoms with E-state index in [0.717, 1.165) is 0 Å². The highest BCUT2D eigenvalue weighted by Gasteiger charge is 2.50. The molecule has 1 saturated heterocycles. The summed E-state index contributed by atoms with van der Waals surface area (Å²) in [6, 6.07) is 8.17. The number of fused-ring (bicyclic) bond motifs is 1. The Kier molecular flexibility index (Phi) is 3.79. The van der Waals surface area contributed by atoms with Gasteiger partial charge in [0, 0.05) is 0 Å². The van der Waals surface area contributed by atoms with E-state index in [2.05, 4.69) is 0 Å². The third-order valence-corrected chi connectivity index (χ3v) is 4.41. The third kappa shape index (κ3) is 2.43. The zero-order chi connectivity index (χ0) is 15.7. The van der Waals surface area contributed by atoms with Gasteiger partial charge in [-0.05, 0) is 18.4 Å². The van der Waals surface area contributed by atoms with Crippen molar-refractivity contribution in [1.82, 2.24) is 4.90 Å². The quantitative estimate of drug-likeness (QED) is 0.683. The molecule has 5 nitrogen and oxygen atoms in total. The van der Waals surface area contributed by atoms with Crippen LogP contribution in [0.2, 0.25) is 0 Å². The average Bonchev–Trinajstić information content (AvgIpc) is 2.78. The molecule has 1 N–H and O–H groups in total. The lowest BCUT2D eigenvalue weighted by atomic mass is 9.85. The third-order valence-electron chi connectivity index (χ3n) is 4.41. The van der Waals surface area contributed by atoms with Crippen LogP contribution in [0.15, 0.2) is 42.5 Å². The van der Waals surface area contributed by atoms with Gasteiger partial charge in [0.2, 0.25) is 11.8 Å². The molecule has 5 heteroatoms. The van der Waals surface area contributed by atoms with Crippen molar-refractivity contribution in [2.24, 2.45) is 11.8 Å². The highest BCUT2D eigenvalue weighted by molar-refractivity contribution is 6.06. The number of hydrogen-bond acceptors (Lipinski definition) is 3. The van der Waals surface area contributed by atoms with Crippen LogP contribution in [0.3, 0.4) is 0 Å². The number of benzene rings is 1. The van der Waals surface area contributed by atoms with Gasteiger partial charge in [-0.25, -0.2) is 0 Å². The van der Waals surface area contributed by atoms with Crippen molar-refractivity contribution >= 4 is 17.8 Å². The van der Waals surface area contributed by atoms with E-state index in [1.165, 1.54) is 4.90 Å². The van der Waals surface area contributed by atoms with E-state index in [4.69, 9.17) is 0 Å². The van der Waals surface area contributed by atoms with Crippen LogP contribution in [-0.2, 0) is 14.4 Å². The highest BCUT2D eigenvalue weighted by Crippen LogP contribution is 2.40. The molecule has 3 unspecified atom stereocenters. The lowest BCUT2D eigenvalue weighted by Crippen LogP contribution is -2.36. The molecule has 0 aromatic heterocycles. The van der Waals surface area contributed by atoms with Gasteiger partial charge >= 0.3 is 5.97 Å². The SMILES string of the molecule is O=C(O)CC(c1ccccc1)N1C(=O)C2CC=CCC2C1=O. The summed E-state index contributed by atoms with van der Waals surface area (Å²) in [5, 5.41) is 9.18. The minimum Gasteiger partial charge on any atom is -0.481 e. The van der Waals surface area contributed by atoms with Crippen LogP contribution in [0.4, 0.5) is 0 Å². The number of rotatable bonds is 4. The number of nitrogens with zero attached hydrogens (tertiary/aromatic N) is 1. The maximum atomic E-state index is 12.6. The lowest BCUT2D eigenvalue weighted by Gasteiger charge is -2.26. The van der Waals surface area contributed by atoms with E-state index < -0.39 is 12.0 Å². The van der Waals surface area contributed by atoms with E-state index in [9.17, 15) is 19.5 Å². The molecular formula is C17H17NO4. The second-order valence-electron chi connectivity index (χ2n) is 5.73. The topological polar surface area (TPSA) is 74.7 Å². The first-order valence-corrected chi connectivity index (χ1v) is 7.38. The number of carbonyl (C=O) groups is 3. The van der Waals surface area contributed by atoms with Crippen molar-refractivity contribution in [3.63, 3.8) is 0 Å². The molecular weight excluding hydrogens is 282 g/mol. The van der Waals surface area contributed by atoms with Gasteiger partial charge in [0.25, 0.3) is 0 Å². The van der Waals surface area contributed by atoms with Gasteiger partial charge in [-0.2, -0.15) is 0 Å². The Hall–Kier alpha value is -2.43. The summed E-state index contributed by atoms with van der Waals surface area (Å²) in [7, 11) is 0. The Morgan fingerprint density at radius 3 is 2.14 bits per heavy atom. The van der Waals surface area contributed by atoms with Gasteiger partial charge in [0.1, 0.15) is 0 Å². The number of likely N-dealkylation sites (tertiary alicyclic amines) is 1. The molecule has 1 aliphatic carbocycles. The molecule has 1 fully saturated rings. The molecule has 3 atom stereocenters. The minimum absolute atomic E-state index is 0.241. The minimum atomic E-state index is -1.03. The lowest BCUT2D eigenvalue weighted by molar-refractivity contribution is -0.145.